The Labute approximate surface area is 110 Å². The maximum atomic E-state index is 13.5. The van der Waals surface area contributed by atoms with Crippen molar-refractivity contribution < 1.29 is 9.18 Å². The van der Waals surface area contributed by atoms with Gasteiger partial charge in [0.15, 0.2) is 0 Å². The molecule has 2 rings (SSSR count). The average molecular weight is 259 g/mol. The highest BCUT2D eigenvalue weighted by molar-refractivity contribution is 5.94. The van der Waals surface area contributed by atoms with Gasteiger partial charge < -0.3 is 16.8 Å². The molecule has 0 aliphatic carbocycles. The Morgan fingerprint density at radius 1 is 1.21 bits per heavy atom. The van der Waals surface area contributed by atoms with Crippen molar-refractivity contribution >= 4 is 17.3 Å². The summed E-state index contributed by atoms with van der Waals surface area (Å²) in [5, 5.41) is 2.99. The van der Waals surface area contributed by atoms with E-state index in [2.05, 4.69) is 5.32 Å². The average Bonchev–Trinajstić information content (AvgIpc) is 2.39. The van der Waals surface area contributed by atoms with Crippen LogP contribution in [0.2, 0.25) is 0 Å². The number of nitrogens with two attached hydrogens (primary N) is 2. The van der Waals surface area contributed by atoms with Crippen LogP contribution in [0.1, 0.15) is 15.9 Å². The third-order valence-corrected chi connectivity index (χ3v) is 2.76. The second-order valence-corrected chi connectivity index (χ2v) is 4.11. The topological polar surface area (TPSA) is 81.1 Å². The SMILES string of the molecule is NC(=O)c1ccc(N)c(NCc2ccccc2F)c1. The van der Waals surface area contributed by atoms with E-state index >= 15 is 0 Å². The molecule has 0 radical (unpaired) electrons. The number of halogens is 1. The number of rotatable bonds is 4. The first-order chi connectivity index (χ1) is 9.08. The third-order valence-electron chi connectivity index (χ3n) is 2.76. The smallest absolute Gasteiger partial charge is 0.248 e. The zero-order valence-corrected chi connectivity index (χ0v) is 10.2. The molecule has 0 aliphatic rings. The van der Waals surface area contributed by atoms with Crippen LogP contribution in [-0.4, -0.2) is 5.91 Å². The van der Waals surface area contributed by atoms with Crippen molar-refractivity contribution in [3.8, 4) is 0 Å². The van der Waals surface area contributed by atoms with Crippen LogP contribution in [0.3, 0.4) is 0 Å². The lowest BCUT2D eigenvalue weighted by atomic mass is 10.1. The fourth-order valence-electron chi connectivity index (χ4n) is 1.69. The summed E-state index contributed by atoms with van der Waals surface area (Å²) in [6.07, 6.45) is 0. The van der Waals surface area contributed by atoms with E-state index in [1.807, 2.05) is 0 Å². The summed E-state index contributed by atoms with van der Waals surface area (Å²) in [6, 6.07) is 11.1. The Bertz CT molecular complexity index is 613. The van der Waals surface area contributed by atoms with Gasteiger partial charge in [0.2, 0.25) is 5.91 Å². The molecule has 19 heavy (non-hydrogen) atoms. The van der Waals surface area contributed by atoms with Crippen LogP contribution in [0.25, 0.3) is 0 Å². The van der Waals surface area contributed by atoms with E-state index in [9.17, 15) is 9.18 Å². The maximum Gasteiger partial charge on any atom is 0.248 e. The molecule has 2 aromatic rings. The Morgan fingerprint density at radius 2 is 1.95 bits per heavy atom. The normalized spacial score (nSPS) is 10.2. The molecule has 0 aliphatic heterocycles. The number of anilines is 2. The van der Waals surface area contributed by atoms with Gasteiger partial charge in [-0.25, -0.2) is 4.39 Å². The first-order valence-electron chi connectivity index (χ1n) is 5.74. The van der Waals surface area contributed by atoms with Gasteiger partial charge >= 0.3 is 0 Å². The Kier molecular flexibility index (Phi) is 3.66. The molecule has 1 amide bonds. The number of hydrogen-bond acceptors (Lipinski definition) is 3. The van der Waals surface area contributed by atoms with Crippen LogP contribution < -0.4 is 16.8 Å². The molecule has 0 saturated heterocycles. The van der Waals surface area contributed by atoms with Crippen molar-refractivity contribution in [3.05, 3.63) is 59.4 Å². The van der Waals surface area contributed by atoms with E-state index in [4.69, 9.17) is 11.5 Å². The van der Waals surface area contributed by atoms with Gasteiger partial charge in [-0.15, -0.1) is 0 Å². The molecule has 0 spiro atoms. The minimum absolute atomic E-state index is 0.277. The molecule has 0 atom stereocenters. The van der Waals surface area contributed by atoms with E-state index < -0.39 is 5.91 Å². The quantitative estimate of drug-likeness (QED) is 0.736. The monoisotopic (exact) mass is 259 g/mol. The van der Waals surface area contributed by atoms with Gasteiger partial charge in [-0.2, -0.15) is 0 Å². The molecule has 0 bridgehead atoms. The molecule has 5 N–H and O–H groups in total. The van der Waals surface area contributed by atoms with Crippen molar-refractivity contribution in [3.63, 3.8) is 0 Å². The summed E-state index contributed by atoms with van der Waals surface area (Å²) in [5.74, 6) is -0.825. The molecule has 5 heteroatoms. The third kappa shape index (κ3) is 3.01. The lowest BCUT2D eigenvalue weighted by Gasteiger charge is -2.11. The molecule has 0 fully saturated rings. The standard InChI is InChI=1S/C14H14FN3O/c15-11-4-2-1-3-10(11)8-18-13-7-9(14(17)19)5-6-12(13)16/h1-7,18H,8,16H2,(H2,17,19). The van der Waals surface area contributed by atoms with Crippen molar-refractivity contribution in [2.24, 2.45) is 5.73 Å². The summed E-state index contributed by atoms with van der Waals surface area (Å²) >= 11 is 0. The fourth-order valence-corrected chi connectivity index (χ4v) is 1.69. The molecule has 0 heterocycles. The van der Waals surface area contributed by atoms with Crippen molar-refractivity contribution in [2.45, 2.75) is 6.54 Å². The van der Waals surface area contributed by atoms with Crippen molar-refractivity contribution in [2.75, 3.05) is 11.1 Å². The second-order valence-electron chi connectivity index (χ2n) is 4.11. The summed E-state index contributed by atoms with van der Waals surface area (Å²) in [4.78, 5) is 11.1. The maximum absolute atomic E-state index is 13.5. The van der Waals surface area contributed by atoms with E-state index in [0.717, 1.165) is 0 Å². The van der Waals surface area contributed by atoms with Gasteiger partial charge in [0.25, 0.3) is 0 Å². The van der Waals surface area contributed by atoms with Gasteiger partial charge in [0.05, 0.1) is 11.4 Å². The van der Waals surface area contributed by atoms with Gasteiger partial charge in [0.1, 0.15) is 5.82 Å². The second kappa shape index (κ2) is 5.39. The van der Waals surface area contributed by atoms with Gasteiger partial charge in [-0.3, -0.25) is 4.79 Å². The zero-order chi connectivity index (χ0) is 13.8. The lowest BCUT2D eigenvalue weighted by molar-refractivity contribution is 0.100. The van der Waals surface area contributed by atoms with Crippen molar-refractivity contribution in [1.29, 1.82) is 0 Å². The highest BCUT2D eigenvalue weighted by Gasteiger charge is 2.06. The van der Waals surface area contributed by atoms with E-state index in [1.165, 1.54) is 6.07 Å². The Morgan fingerprint density at radius 3 is 2.63 bits per heavy atom. The molecule has 0 saturated carbocycles. The minimum Gasteiger partial charge on any atom is -0.397 e. The van der Waals surface area contributed by atoms with Gasteiger partial charge in [0, 0.05) is 17.7 Å². The number of benzene rings is 2. The number of primary amides is 1. The minimum atomic E-state index is -0.533. The lowest BCUT2D eigenvalue weighted by Crippen LogP contribution is -2.12. The zero-order valence-electron chi connectivity index (χ0n) is 10.2. The first-order valence-corrected chi connectivity index (χ1v) is 5.74. The molecular weight excluding hydrogens is 245 g/mol. The molecule has 0 unspecified atom stereocenters. The fraction of sp³-hybridized carbons (Fsp3) is 0.0714. The highest BCUT2D eigenvalue weighted by Crippen LogP contribution is 2.21. The van der Waals surface area contributed by atoms with E-state index in [-0.39, 0.29) is 12.4 Å². The molecular formula is C14H14FN3O. The molecule has 0 aromatic heterocycles. The van der Waals surface area contributed by atoms with Crippen LogP contribution in [0.4, 0.5) is 15.8 Å². The highest BCUT2D eigenvalue weighted by atomic mass is 19.1. The molecule has 2 aromatic carbocycles. The number of hydrogen-bond donors (Lipinski definition) is 3. The number of nitrogen functional groups attached to an aromatic ring is 1. The Balaban J connectivity index is 2.17. The molecule has 4 nitrogen and oxygen atoms in total. The first kappa shape index (κ1) is 12.9. The van der Waals surface area contributed by atoms with Gasteiger partial charge in [-0.05, 0) is 24.3 Å². The van der Waals surface area contributed by atoms with Crippen LogP contribution in [-0.2, 0) is 6.54 Å². The number of carbonyl (C=O) groups excluding carboxylic acids is 1. The largest absolute Gasteiger partial charge is 0.397 e. The summed E-state index contributed by atoms with van der Waals surface area (Å²) in [6.45, 7) is 0.277. The number of carbonyl (C=O) groups is 1. The van der Waals surface area contributed by atoms with Gasteiger partial charge in [-0.1, -0.05) is 18.2 Å². The van der Waals surface area contributed by atoms with Crippen LogP contribution in [0.5, 0.6) is 0 Å². The van der Waals surface area contributed by atoms with Crippen LogP contribution in [0.15, 0.2) is 42.5 Å². The van der Waals surface area contributed by atoms with Crippen molar-refractivity contribution in [1.82, 2.24) is 0 Å². The van der Waals surface area contributed by atoms with Crippen LogP contribution >= 0.6 is 0 Å². The summed E-state index contributed by atoms with van der Waals surface area (Å²) < 4.78 is 13.5. The predicted molar refractivity (Wildman–Crippen MR) is 73.1 cm³/mol. The Hall–Kier alpha value is -2.56. The summed E-state index contributed by atoms with van der Waals surface area (Å²) in [5.41, 5.74) is 12.9. The van der Waals surface area contributed by atoms with E-state index in [0.29, 0.717) is 22.5 Å². The number of amides is 1. The predicted octanol–water partition coefficient (Wildman–Crippen LogP) is 2.12. The number of nitrogens with one attached hydrogen (secondary N) is 1. The van der Waals surface area contributed by atoms with E-state index in [1.54, 1.807) is 36.4 Å². The summed E-state index contributed by atoms with van der Waals surface area (Å²) in [7, 11) is 0. The van der Waals surface area contributed by atoms with Crippen LogP contribution in [0, 0.1) is 5.82 Å². The molecule has 98 valence electrons.